The van der Waals surface area contributed by atoms with Crippen molar-refractivity contribution in [3.05, 3.63) is 83.6 Å². The summed E-state index contributed by atoms with van der Waals surface area (Å²) in [7, 11) is 1.35. The fourth-order valence-electron chi connectivity index (χ4n) is 2.08. The van der Waals surface area contributed by atoms with Crippen molar-refractivity contribution in [1.82, 2.24) is 10.9 Å². The second kappa shape index (κ2) is 9.67. The van der Waals surface area contributed by atoms with Crippen LogP contribution in [0, 0.1) is 0 Å². The number of hydrogen-bond acceptors (Lipinski definition) is 5. The van der Waals surface area contributed by atoms with Gasteiger partial charge in [-0.1, -0.05) is 36.9 Å². The lowest BCUT2D eigenvalue weighted by molar-refractivity contribution is 0.0600. The Hall–Kier alpha value is -3.74. The van der Waals surface area contributed by atoms with Crippen LogP contribution in [-0.2, 0) is 11.3 Å². The molecule has 27 heavy (non-hydrogen) atoms. The molecule has 0 unspecified atom stereocenters. The van der Waals surface area contributed by atoms with Crippen molar-refractivity contribution < 1.29 is 19.1 Å². The lowest BCUT2D eigenvalue weighted by atomic mass is 10.1. The molecule has 7 nitrogen and oxygen atoms in total. The molecular formula is C20H21N3O4. The molecule has 2 rings (SSSR count). The molecule has 0 aliphatic carbocycles. The summed E-state index contributed by atoms with van der Waals surface area (Å²) in [6.45, 7) is 4.11. The molecule has 2 aromatic rings. The van der Waals surface area contributed by atoms with E-state index in [0.717, 1.165) is 16.9 Å². The van der Waals surface area contributed by atoms with Crippen LogP contribution >= 0.6 is 0 Å². The number of benzene rings is 2. The predicted molar refractivity (Wildman–Crippen MR) is 103 cm³/mol. The van der Waals surface area contributed by atoms with Crippen LogP contribution < -0.4 is 21.3 Å². The molecule has 0 heterocycles. The third-order valence-electron chi connectivity index (χ3n) is 3.48. The Balaban J connectivity index is 1.85. The highest BCUT2D eigenvalue weighted by molar-refractivity contribution is 5.89. The maximum Gasteiger partial charge on any atom is 0.337 e. The molecule has 7 heteroatoms. The van der Waals surface area contributed by atoms with Gasteiger partial charge < -0.3 is 15.2 Å². The number of methoxy groups -OCH3 is 1. The van der Waals surface area contributed by atoms with Gasteiger partial charge in [-0.2, -0.15) is 0 Å². The van der Waals surface area contributed by atoms with E-state index in [1.165, 1.54) is 7.11 Å². The van der Waals surface area contributed by atoms with Crippen LogP contribution in [0.1, 0.15) is 21.5 Å². The first-order valence-corrected chi connectivity index (χ1v) is 8.06. The van der Waals surface area contributed by atoms with Crippen molar-refractivity contribution in [3.63, 3.8) is 0 Å². The fraction of sp³-hybridized carbons (Fsp3) is 0.100. The molecule has 0 spiro atoms. The summed E-state index contributed by atoms with van der Waals surface area (Å²) in [5.41, 5.74) is 12.6. The molecule has 0 fully saturated rings. The summed E-state index contributed by atoms with van der Waals surface area (Å²) >= 11 is 0. The summed E-state index contributed by atoms with van der Waals surface area (Å²) in [5, 5.41) is 0. The van der Waals surface area contributed by atoms with E-state index in [4.69, 9.17) is 10.5 Å². The molecule has 0 aliphatic rings. The summed E-state index contributed by atoms with van der Waals surface area (Å²) in [5.74, 6) is 0.353. The number of carbonyl (C=O) groups is 2. The smallest absolute Gasteiger partial charge is 0.337 e. The number of hydrogen-bond donors (Lipinski definition) is 3. The van der Waals surface area contributed by atoms with Gasteiger partial charge in [0, 0.05) is 5.70 Å². The number of nitrogens with one attached hydrogen (secondary N) is 2. The van der Waals surface area contributed by atoms with Gasteiger partial charge in [-0.05, 0) is 41.5 Å². The molecule has 0 aliphatic heterocycles. The number of nitrogens with two attached hydrogens (primary N) is 1. The van der Waals surface area contributed by atoms with E-state index in [1.54, 1.807) is 18.2 Å². The number of esters is 1. The van der Waals surface area contributed by atoms with Gasteiger partial charge in [-0.15, -0.1) is 0 Å². The minimum atomic E-state index is -0.689. The molecule has 4 N–H and O–H groups in total. The number of carbonyl (C=O) groups excluding carboxylic acids is 2. The maximum atomic E-state index is 11.4. The molecule has 140 valence electrons. The SMILES string of the molecule is C=C(C=Cc1ccc(OCc2ccc(C(=O)OC)cc2)cc1)NNC(N)=O. The van der Waals surface area contributed by atoms with Gasteiger partial charge in [0.1, 0.15) is 12.4 Å². The third kappa shape index (κ3) is 6.58. The standard InChI is InChI=1S/C20H21N3O4/c1-14(22-23-20(21)25)3-4-15-7-11-18(12-8-15)27-13-16-5-9-17(10-6-16)19(24)26-2/h3-12,22H,1,13H2,2H3,(H3,21,23,25). The first kappa shape index (κ1) is 19.6. The maximum absolute atomic E-state index is 11.4. The van der Waals surface area contributed by atoms with E-state index in [9.17, 15) is 9.59 Å². The van der Waals surface area contributed by atoms with E-state index in [-0.39, 0.29) is 5.97 Å². The normalized spacial score (nSPS) is 10.3. The number of amides is 2. The van der Waals surface area contributed by atoms with E-state index in [0.29, 0.717) is 17.9 Å². The van der Waals surface area contributed by atoms with Gasteiger partial charge in [0.15, 0.2) is 0 Å². The molecular weight excluding hydrogens is 346 g/mol. The molecule has 0 saturated heterocycles. The Labute approximate surface area is 157 Å². The van der Waals surface area contributed by atoms with E-state index < -0.39 is 6.03 Å². The first-order valence-electron chi connectivity index (χ1n) is 8.06. The van der Waals surface area contributed by atoms with Crippen LogP contribution in [0.5, 0.6) is 5.75 Å². The van der Waals surface area contributed by atoms with Crippen LogP contribution in [0.25, 0.3) is 6.08 Å². The van der Waals surface area contributed by atoms with Gasteiger partial charge in [0.2, 0.25) is 0 Å². The highest BCUT2D eigenvalue weighted by Gasteiger charge is 2.04. The van der Waals surface area contributed by atoms with Crippen LogP contribution in [0.4, 0.5) is 4.79 Å². The van der Waals surface area contributed by atoms with Crippen LogP contribution in [0.3, 0.4) is 0 Å². The number of primary amides is 1. The number of hydrazine groups is 1. The Morgan fingerprint density at radius 2 is 1.74 bits per heavy atom. The lowest BCUT2D eigenvalue weighted by Gasteiger charge is -2.07. The van der Waals surface area contributed by atoms with Crippen molar-refractivity contribution in [1.29, 1.82) is 0 Å². The average molecular weight is 367 g/mol. The topological polar surface area (TPSA) is 103 Å². The highest BCUT2D eigenvalue weighted by atomic mass is 16.5. The Morgan fingerprint density at radius 1 is 1.07 bits per heavy atom. The van der Waals surface area contributed by atoms with Crippen LogP contribution in [0.2, 0.25) is 0 Å². The fourth-order valence-corrected chi connectivity index (χ4v) is 2.08. The summed E-state index contributed by atoms with van der Waals surface area (Å²) in [6.07, 6.45) is 3.53. The minimum absolute atomic E-state index is 0.366. The number of urea groups is 1. The summed E-state index contributed by atoms with van der Waals surface area (Å²) in [6, 6.07) is 13.8. The second-order valence-electron chi connectivity index (χ2n) is 5.52. The van der Waals surface area contributed by atoms with E-state index in [2.05, 4.69) is 22.2 Å². The summed E-state index contributed by atoms with van der Waals surface area (Å²) < 4.78 is 10.4. The third-order valence-corrected chi connectivity index (χ3v) is 3.48. The van der Waals surface area contributed by atoms with Crippen molar-refractivity contribution in [3.8, 4) is 5.75 Å². The molecule has 0 radical (unpaired) electrons. The van der Waals surface area contributed by atoms with Gasteiger partial charge in [-0.3, -0.25) is 10.9 Å². The Kier molecular flexibility index (Phi) is 7.01. The summed E-state index contributed by atoms with van der Waals surface area (Å²) in [4.78, 5) is 22.0. The number of ether oxygens (including phenoxy) is 2. The van der Waals surface area contributed by atoms with Crippen LogP contribution in [-0.4, -0.2) is 19.1 Å². The van der Waals surface area contributed by atoms with E-state index >= 15 is 0 Å². The van der Waals surface area contributed by atoms with Gasteiger partial charge >= 0.3 is 12.0 Å². The highest BCUT2D eigenvalue weighted by Crippen LogP contribution is 2.16. The predicted octanol–water partition coefficient (Wildman–Crippen LogP) is 2.75. The Morgan fingerprint density at radius 3 is 2.33 bits per heavy atom. The molecule has 0 bridgehead atoms. The zero-order valence-corrected chi connectivity index (χ0v) is 14.9. The van der Waals surface area contributed by atoms with Crippen molar-refractivity contribution in [2.75, 3.05) is 7.11 Å². The zero-order chi connectivity index (χ0) is 19.6. The Bertz CT molecular complexity index is 827. The molecule has 2 aromatic carbocycles. The lowest BCUT2D eigenvalue weighted by Crippen LogP contribution is -2.39. The quantitative estimate of drug-likeness (QED) is 0.378. The average Bonchev–Trinajstić information content (AvgIpc) is 2.69. The van der Waals surface area contributed by atoms with Gasteiger partial charge in [0.25, 0.3) is 0 Å². The molecule has 0 saturated carbocycles. The minimum Gasteiger partial charge on any atom is -0.489 e. The molecule has 0 atom stereocenters. The zero-order valence-electron chi connectivity index (χ0n) is 14.9. The first-order chi connectivity index (χ1) is 13.0. The van der Waals surface area contributed by atoms with Crippen molar-refractivity contribution in [2.45, 2.75) is 6.61 Å². The monoisotopic (exact) mass is 367 g/mol. The number of allylic oxidation sites excluding steroid dienone is 1. The van der Waals surface area contributed by atoms with Gasteiger partial charge in [0.05, 0.1) is 12.7 Å². The van der Waals surface area contributed by atoms with Gasteiger partial charge in [-0.25, -0.2) is 9.59 Å². The molecule has 0 aromatic heterocycles. The number of rotatable bonds is 8. The van der Waals surface area contributed by atoms with Crippen LogP contribution in [0.15, 0.2) is 66.9 Å². The largest absolute Gasteiger partial charge is 0.489 e. The van der Waals surface area contributed by atoms with E-state index in [1.807, 2.05) is 42.5 Å². The van der Waals surface area contributed by atoms with Crippen molar-refractivity contribution >= 4 is 18.1 Å². The van der Waals surface area contributed by atoms with Crippen molar-refractivity contribution in [2.24, 2.45) is 5.73 Å². The molecule has 2 amide bonds. The second-order valence-corrected chi connectivity index (χ2v) is 5.52.